The number of hydrogen-bond acceptors (Lipinski definition) is 3. The van der Waals surface area contributed by atoms with E-state index in [0.29, 0.717) is 29.7 Å². The van der Waals surface area contributed by atoms with Gasteiger partial charge in [0.05, 0.1) is 23.4 Å². The Labute approximate surface area is 180 Å². The lowest BCUT2D eigenvalue weighted by atomic mass is 9.95. The monoisotopic (exact) mass is 409 g/mol. The van der Waals surface area contributed by atoms with Crippen molar-refractivity contribution in [2.24, 2.45) is 0 Å². The molecule has 154 valence electrons. The second-order valence-corrected chi connectivity index (χ2v) is 8.14. The Bertz CT molecular complexity index is 1360. The fraction of sp³-hybridized carbons (Fsp3) is 0.192. The summed E-state index contributed by atoms with van der Waals surface area (Å²) in [5.74, 6) is 0.318. The molecule has 5 heteroatoms. The summed E-state index contributed by atoms with van der Waals surface area (Å²) in [6.45, 7) is 2.45. The van der Waals surface area contributed by atoms with Gasteiger partial charge in [-0.05, 0) is 36.2 Å². The van der Waals surface area contributed by atoms with Crippen LogP contribution in [0.3, 0.4) is 0 Å². The largest absolute Gasteiger partial charge is 0.315 e. The molecule has 0 unspecified atom stereocenters. The first kappa shape index (κ1) is 19.2. The molecule has 31 heavy (non-hydrogen) atoms. The van der Waals surface area contributed by atoms with Gasteiger partial charge in [-0.25, -0.2) is 4.98 Å². The van der Waals surface area contributed by atoms with E-state index in [0.717, 1.165) is 22.4 Å². The number of fused-ring (bicyclic) bond motifs is 2. The molecule has 1 aliphatic heterocycles. The number of likely N-dealkylation sites (N-methyl/N-ethyl adjacent to an activating group) is 1. The highest BCUT2D eigenvalue weighted by molar-refractivity contribution is 6.04. The Morgan fingerprint density at radius 2 is 1.68 bits per heavy atom. The smallest absolute Gasteiger partial charge is 0.261 e. The highest BCUT2D eigenvalue weighted by atomic mass is 16.2. The number of benzene rings is 3. The van der Waals surface area contributed by atoms with Gasteiger partial charge in [-0.3, -0.25) is 14.2 Å². The third-order valence-corrected chi connectivity index (χ3v) is 6.06. The van der Waals surface area contributed by atoms with Crippen LogP contribution >= 0.6 is 0 Å². The summed E-state index contributed by atoms with van der Waals surface area (Å²) >= 11 is 0. The normalized spacial score (nSPS) is 15.5. The summed E-state index contributed by atoms with van der Waals surface area (Å²) in [5, 5.41) is 0.591. The van der Waals surface area contributed by atoms with Crippen LogP contribution in [-0.2, 0) is 17.8 Å². The Morgan fingerprint density at radius 1 is 0.935 bits per heavy atom. The molecule has 0 fully saturated rings. The van der Waals surface area contributed by atoms with Gasteiger partial charge in [-0.2, -0.15) is 0 Å². The van der Waals surface area contributed by atoms with Gasteiger partial charge < -0.3 is 4.90 Å². The molecule has 1 aliphatic rings. The van der Waals surface area contributed by atoms with Gasteiger partial charge in [0.15, 0.2) is 0 Å². The van der Waals surface area contributed by atoms with Gasteiger partial charge in [0.25, 0.3) is 5.56 Å². The molecule has 1 aromatic heterocycles. The minimum absolute atomic E-state index is 0.0364. The van der Waals surface area contributed by atoms with Gasteiger partial charge in [-0.1, -0.05) is 60.2 Å². The van der Waals surface area contributed by atoms with E-state index in [2.05, 4.69) is 6.07 Å². The average Bonchev–Trinajstić information content (AvgIpc) is 3.01. The number of amides is 1. The maximum atomic E-state index is 13.4. The van der Waals surface area contributed by atoms with E-state index in [-0.39, 0.29) is 17.4 Å². The van der Waals surface area contributed by atoms with Crippen LogP contribution < -0.4 is 10.5 Å². The Hall–Kier alpha value is -3.73. The van der Waals surface area contributed by atoms with Crippen molar-refractivity contribution in [2.45, 2.75) is 25.8 Å². The van der Waals surface area contributed by atoms with Crippen molar-refractivity contribution >= 4 is 22.5 Å². The Balaban J connectivity index is 1.64. The number of nitrogens with zero attached hydrogens (tertiary/aromatic N) is 3. The highest BCUT2D eigenvalue weighted by Gasteiger charge is 2.36. The van der Waals surface area contributed by atoms with Gasteiger partial charge in [0.1, 0.15) is 5.82 Å². The predicted molar refractivity (Wildman–Crippen MR) is 123 cm³/mol. The van der Waals surface area contributed by atoms with Crippen LogP contribution in [0, 0.1) is 6.92 Å². The highest BCUT2D eigenvalue weighted by Crippen LogP contribution is 2.38. The van der Waals surface area contributed by atoms with E-state index < -0.39 is 0 Å². The zero-order valence-corrected chi connectivity index (χ0v) is 17.6. The van der Waals surface area contributed by atoms with Crippen LogP contribution in [0.5, 0.6) is 0 Å². The first-order valence-corrected chi connectivity index (χ1v) is 10.4. The third-order valence-electron chi connectivity index (χ3n) is 6.06. The van der Waals surface area contributed by atoms with Gasteiger partial charge >= 0.3 is 0 Å². The maximum Gasteiger partial charge on any atom is 0.261 e. The van der Waals surface area contributed by atoms with E-state index in [9.17, 15) is 9.59 Å². The van der Waals surface area contributed by atoms with Crippen LogP contribution in [0.1, 0.15) is 28.4 Å². The zero-order chi connectivity index (χ0) is 21.5. The first-order valence-electron chi connectivity index (χ1n) is 10.4. The number of para-hydroxylation sites is 1. The number of aryl methyl sites for hydroxylation is 1. The van der Waals surface area contributed by atoms with E-state index in [1.54, 1.807) is 16.5 Å². The Morgan fingerprint density at radius 3 is 2.48 bits per heavy atom. The molecule has 1 amide bonds. The molecular formula is C26H23N3O2. The lowest BCUT2D eigenvalue weighted by molar-refractivity contribution is -0.119. The number of rotatable bonds is 4. The van der Waals surface area contributed by atoms with Crippen LogP contribution in [0.15, 0.2) is 77.6 Å². The molecule has 0 radical (unpaired) electrons. The van der Waals surface area contributed by atoms with Crippen molar-refractivity contribution in [3.05, 3.63) is 106 Å². The predicted octanol–water partition coefficient (Wildman–Crippen LogP) is 4.06. The van der Waals surface area contributed by atoms with Crippen LogP contribution in [0.25, 0.3) is 10.9 Å². The van der Waals surface area contributed by atoms with Gasteiger partial charge in [0, 0.05) is 19.2 Å². The van der Waals surface area contributed by atoms with Crippen molar-refractivity contribution in [1.82, 2.24) is 9.55 Å². The maximum absolute atomic E-state index is 13.4. The van der Waals surface area contributed by atoms with Crippen molar-refractivity contribution in [3.63, 3.8) is 0 Å². The Kier molecular flexibility index (Phi) is 4.66. The number of aromatic nitrogens is 2. The summed E-state index contributed by atoms with van der Waals surface area (Å²) in [5.41, 5.74) is 4.65. The molecule has 1 atom stereocenters. The fourth-order valence-electron chi connectivity index (χ4n) is 4.42. The van der Waals surface area contributed by atoms with Gasteiger partial charge in [-0.15, -0.1) is 0 Å². The van der Waals surface area contributed by atoms with E-state index in [1.165, 1.54) is 0 Å². The number of hydrogen-bond donors (Lipinski definition) is 0. The standard InChI is InChI=1S/C26H23N3O2/c1-17-12-13-23-20(14-17)21(25(30)28(23)2)15-24-27-22-11-7-6-10-19(22)26(31)29(24)16-18-8-4-3-5-9-18/h3-14,21H,15-16H2,1-2H3/t21-/m1/s1. The molecule has 0 N–H and O–H groups in total. The molecule has 0 aliphatic carbocycles. The van der Waals surface area contributed by atoms with E-state index in [4.69, 9.17) is 4.98 Å². The summed E-state index contributed by atoms with van der Waals surface area (Å²) in [6.07, 6.45) is 0.381. The SMILES string of the molecule is Cc1ccc2c(c1)[C@@H](Cc1nc3ccccc3c(=O)n1Cc1ccccc1)C(=O)N2C. The van der Waals surface area contributed by atoms with Gasteiger partial charge in [0.2, 0.25) is 5.91 Å². The van der Waals surface area contributed by atoms with Crippen molar-refractivity contribution in [2.75, 3.05) is 11.9 Å². The first-order chi connectivity index (χ1) is 15.0. The van der Waals surface area contributed by atoms with Crippen molar-refractivity contribution in [3.8, 4) is 0 Å². The molecule has 5 rings (SSSR count). The number of anilines is 1. The van der Waals surface area contributed by atoms with Crippen LogP contribution in [0.4, 0.5) is 5.69 Å². The molecule has 0 saturated carbocycles. The van der Waals surface area contributed by atoms with Crippen LogP contribution in [-0.4, -0.2) is 22.5 Å². The molecule has 4 aromatic rings. The van der Waals surface area contributed by atoms with Crippen LogP contribution in [0.2, 0.25) is 0 Å². The molecule has 0 bridgehead atoms. The minimum atomic E-state index is -0.352. The molecule has 3 aromatic carbocycles. The van der Waals surface area contributed by atoms with E-state index >= 15 is 0 Å². The average molecular weight is 409 g/mol. The second kappa shape index (κ2) is 7.51. The van der Waals surface area contributed by atoms with Crippen molar-refractivity contribution < 1.29 is 4.79 Å². The molecule has 0 spiro atoms. The van der Waals surface area contributed by atoms with Crippen molar-refractivity contribution in [1.29, 1.82) is 0 Å². The molecule has 0 saturated heterocycles. The number of carbonyl (C=O) groups excluding carboxylic acids is 1. The minimum Gasteiger partial charge on any atom is -0.315 e. The quantitative estimate of drug-likeness (QED) is 0.511. The summed E-state index contributed by atoms with van der Waals surface area (Å²) < 4.78 is 1.72. The summed E-state index contributed by atoms with van der Waals surface area (Å²) in [6, 6.07) is 23.4. The fourth-order valence-corrected chi connectivity index (χ4v) is 4.42. The molecular weight excluding hydrogens is 386 g/mol. The van der Waals surface area contributed by atoms with E-state index in [1.807, 2.05) is 73.7 Å². The topological polar surface area (TPSA) is 55.2 Å². The molecule has 2 heterocycles. The second-order valence-electron chi connectivity index (χ2n) is 8.14. The third kappa shape index (κ3) is 3.32. The molecule has 5 nitrogen and oxygen atoms in total. The summed E-state index contributed by atoms with van der Waals surface area (Å²) in [7, 11) is 1.81. The lowest BCUT2D eigenvalue weighted by Gasteiger charge is -2.17. The number of carbonyl (C=O) groups is 1. The summed E-state index contributed by atoms with van der Waals surface area (Å²) in [4.78, 5) is 33.1. The zero-order valence-electron chi connectivity index (χ0n) is 17.6. The lowest BCUT2D eigenvalue weighted by Crippen LogP contribution is -2.30.